The van der Waals surface area contributed by atoms with E-state index < -0.39 is 0 Å². The summed E-state index contributed by atoms with van der Waals surface area (Å²) in [4.78, 5) is 2.39. The van der Waals surface area contributed by atoms with Crippen molar-refractivity contribution < 1.29 is 0 Å². The molecule has 0 atom stereocenters. The maximum atomic E-state index is 2.39. The van der Waals surface area contributed by atoms with Crippen molar-refractivity contribution in [2.45, 2.75) is 0 Å². The van der Waals surface area contributed by atoms with Gasteiger partial charge in [-0.15, -0.1) is 0 Å². The number of hydrogen-bond donors (Lipinski definition) is 0. The lowest BCUT2D eigenvalue weighted by Gasteiger charge is -2.27. The molecule has 0 heterocycles. The van der Waals surface area contributed by atoms with Crippen molar-refractivity contribution in [3.8, 4) is 44.5 Å². The van der Waals surface area contributed by atoms with Crippen molar-refractivity contribution in [3.05, 3.63) is 237 Å². The molecule has 0 aliphatic carbocycles. The van der Waals surface area contributed by atoms with E-state index in [1.54, 1.807) is 0 Å². The van der Waals surface area contributed by atoms with E-state index in [2.05, 4.69) is 241 Å². The van der Waals surface area contributed by atoms with E-state index in [0.717, 1.165) is 17.1 Å². The van der Waals surface area contributed by atoms with Crippen LogP contribution >= 0.6 is 0 Å². The largest absolute Gasteiger partial charge is 0.310 e. The second-order valence-corrected chi connectivity index (χ2v) is 15.3. The van der Waals surface area contributed by atoms with E-state index >= 15 is 0 Å². The minimum Gasteiger partial charge on any atom is -0.310 e. The molecule has 0 unspecified atom stereocenters. The summed E-state index contributed by atoms with van der Waals surface area (Å²) in [6.45, 7) is 0. The lowest BCUT2D eigenvalue weighted by molar-refractivity contribution is 1.29. The summed E-state index contributed by atoms with van der Waals surface area (Å²) in [5, 5.41) is 10.1. The maximum Gasteiger partial charge on any atom is 0.0474 e. The Kier molecular flexibility index (Phi) is 8.56. The van der Waals surface area contributed by atoms with Gasteiger partial charge < -0.3 is 4.90 Å². The third-order valence-corrected chi connectivity index (χ3v) is 11.8. The highest BCUT2D eigenvalue weighted by Crippen LogP contribution is 2.42. The van der Waals surface area contributed by atoms with Gasteiger partial charge in [-0.1, -0.05) is 194 Å². The summed E-state index contributed by atoms with van der Waals surface area (Å²) < 4.78 is 0. The van der Waals surface area contributed by atoms with Gasteiger partial charge in [-0.2, -0.15) is 0 Å². The van der Waals surface area contributed by atoms with Gasteiger partial charge in [-0.3, -0.25) is 0 Å². The first-order chi connectivity index (χ1) is 29.2. The van der Waals surface area contributed by atoms with Gasteiger partial charge >= 0.3 is 0 Å². The Bertz CT molecular complexity index is 3270. The van der Waals surface area contributed by atoms with Crippen LogP contribution in [0.3, 0.4) is 0 Å². The predicted molar refractivity (Wildman–Crippen MR) is 253 cm³/mol. The Morgan fingerprint density at radius 3 is 1.27 bits per heavy atom. The van der Waals surface area contributed by atoms with Crippen molar-refractivity contribution in [3.63, 3.8) is 0 Å². The second-order valence-electron chi connectivity index (χ2n) is 15.3. The molecule has 0 spiro atoms. The van der Waals surface area contributed by atoms with Gasteiger partial charge in [0.25, 0.3) is 0 Å². The van der Waals surface area contributed by atoms with E-state index in [0.29, 0.717) is 0 Å². The van der Waals surface area contributed by atoms with Crippen molar-refractivity contribution in [1.82, 2.24) is 0 Å². The van der Waals surface area contributed by atoms with Gasteiger partial charge in [-0.05, 0) is 130 Å². The molecule has 1 nitrogen and oxygen atoms in total. The molecule has 276 valence electrons. The third kappa shape index (κ3) is 6.40. The number of fused-ring (bicyclic) bond motifs is 6. The van der Waals surface area contributed by atoms with Crippen LogP contribution in [-0.4, -0.2) is 0 Å². The first-order valence-electron chi connectivity index (χ1n) is 20.3. The first-order valence-corrected chi connectivity index (χ1v) is 20.3. The van der Waals surface area contributed by atoms with E-state index in [-0.39, 0.29) is 0 Å². The Balaban J connectivity index is 1.02. The fraction of sp³-hybridized carbons (Fsp3) is 0. The summed E-state index contributed by atoms with van der Waals surface area (Å²) in [5.74, 6) is 0. The Labute approximate surface area is 344 Å². The molecule has 0 fully saturated rings. The molecule has 0 aromatic heterocycles. The van der Waals surface area contributed by atoms with Crippen LogP contribution in [0.4, 0.5) is 17.1 Å². The molecular formula is C58H39N. The fourth-order valence-corrected chi connectivity index (χ4v) is 8.82. The van der Waals surface area contributed by atoms with E-state index in [1.807, 2.05) is 0 Å². The quantitative estimate of drug-likeness (QED) is 0.147. The van der Waals surface area contributed by atoms with Crippen molar-refractivity contribution in [2.75, 3.05) is 4.90 Å². The van der Waals surface area contributed by atoms with Crippen molar-refractivity contribution >= 4 is 60.2 Å². The van der Waals surface area contributed by atoms with E-state index in [4.69, 9.17) is 0 Å². The van der Waals surface area contributed by atoms with Crippen LogP contribution in [-0.2, 0) is 0 Å². The molecule has 1 heteroatoms. The van der Waals surface area contributed by atoms with Crippen LogP contribution in [0.2, 0.25) is 0 Å². The van der Waals surface area contributed by atoms with Crippen LogP contribution in [0.1, 0.15) is 0 Å². The van der Waals surface area contributed by atoms with E-state index in [1.165, 1.54) is 87.6 Å². The average Bonchev–Trinajstić information content (AvgIpc) is 3.32. The molecule has 0 saturated carbocycles. The van der Waals surface area contributed by atoms with Crippen LogP contribution in [0.5, 0.6) is 0 Å². The van der Waals surface area contributed by atoms with E-state index in [9.17, 15) is 0 Å². The van der Waals surface area contributed by atoms with Gasteiger partial charge in [0, 0.05) is 17.1 Å². The topological polar surface area (TPSA) is 3.24 Å². The highest BCUT2D eigenvalue weighted by Gasteiger charge is 2.17. The zero-order chi connectivity index (χ0) is 39.1. The predicted octanol–water partition coefficient (Wildman–Crippen LogP) is 16.4. The number of nitrogens with zero attached hydrogens (tertiary/aromatic N) is 1. The molecule has 11 aromatic carbocycles. The molecule has 0 amide bonds. The van der Waals surface area contributed by atoms with Crippen LogP contribution in [0, 0.1) is 0 Å². The summed E-state index contributed by atoms with van der Waals surface area (Å²) in [6.07, 6.45) is 0. The standard InChI is InChI=1S/C58H39N/c1-3-11-40(12-4-1)41-19-21-42(22-20-41)43-29-33-51(34-30-43)59(53-37-50-16-8-9-17-54(50)56(39-53)45-13-5-2-6-14-45)52-35-31-44(32-36-52)49-28-25-47-24-27-48-26-23-46-15-7-10-18-55(46)58(48)57(47)38-49/h1-39H. The molecule has 0 aliphatic rings. The normalized spacial score (nSPS) is 11.4. The molecule has 0 bridgehead atoms. The average molecular weight is 750 g/mol. The number of hydrogen-bond acceptors (Lipinski definition) is 1. The van der Waals surface area contributed by atoms with Crippen LogP contribution in [0.25, 0.3) is 87.6 Å². The van der Waals surface area contributed by atoms with Gasteiger partial charge in [0.05, 0.1) is 0 Å². The SMILES string of the molecule is c1ccc(-c2ccc(-c3ccc(N(c4ccc(-c5ccc6ccc7ccc8ccccc8c7c6c5)cc4)c4cc(-c5ccccc5)c5ccccc5c4)cc3)cc2)cc1. The van der Waals surface area contributed by atoms with Crippen molar-refractivity contribution in [1.29, 1.82) is 0 Å². The molecule has 0 saturated heterocycles. The van der Waals surface area contributed by atoms with Crippen molar-refractivity contribution in [2.24, 2.45) is 0 Å². The highest BCUT2D eigenvalue weighted by atomic mass is 15.1. The maximum absolute atomic E-state index is 2.39. The lowest BCUT2D eigenvalue weighted by Crippen LogP contribution is -2.10. The molecule has 0 N–H and O–H groups in total. The number of benzene rings is 11. The minimum atomic E-state index is 1.10. The van der Waals surface area contributed by atoms with Gasteiger partial charge in [-0.25, -0.2) is 0 Å². The molecule has 0 radical (unpaired) electrons. The monoisotopic (exact) mass is 749 g/mol. The lowest BCUT2D eigenvalue weighted by atomic mass is 9.94. The fourth-order valence-electron chi connectivity index (χ4n) is 8.82. The molecular weight excluding hydrogens is 711 g/mol. The molecule has 11 aromatic rings. The Hall–Kier alpha value is -7.74. The van der Waals surface area contributed by atoms with Gasteiger partial charge in [0.1, 0.15) is 0 Å². The second kappa shape index (κ2) is 14.6. The smallest absolute Gasteiger partial charge is 0.0474 e. The summed E-state index contributed by atoms with van der Waals surface area (Å²) >= 11 is 0. The molecule has 0 aliphatic heterocycles. The van der Waals surface area contributed by atoms with Gasteiger partial charge in [0.2, 0.25) is 0 Å². The molecule has 59 heavy (non-hydrogen) atoms. The zero-order valence-corrected chi connectivity index (χ0v) is 32.5. The Morgan fingerprint density at radius 1 is 0.220 bits per heavy atom. The summed E-state index contributed by atoms with van der Waals surface area (Å²) in [7, 11) is 0. The Morgan fingerprint density at radius 2 is 0.644 bits per heavy atom. The molecule has 11 rings (SSSR count). The third-order valence-electron chi connectivity index (χ3n) is 11.8. The summed E-state index contributed by atoms with van der Waals surface area (Å²) in [6, 6.07) is 86.2. The first kappa shape index (κ1) is 34.5. The number of rotatable bonds is 7. The van der Waals surface area contributed by atoms with Crippen LogP contribution in [0.15, 0.2) is 237 Å². The van der Waals surface area contributed by atoms with Crippen LogP contribution < -0.4 is 4.90 Å². The van der Waals surface area contributed by atoms with Gasteiger partial charge in [0.15, 0.2) is 0 Å². The zero-order valence-electron chi connectivity index (χ0n) is 32.5. The minimum absolute atomic E-state index is 1.10. The summed E-state index contributed by atoms with van der Waals surface area (Å²) in [5.41, 5.74) is 12.9. The highest BCUT2D eigenvalue weighted by molar-refractivity contribution is 6.20. The number of anilines is 3.